The highest BCUT2D eigenvalue weighted by atomic mass is 16.2. The number of fused-ring (bicyclic) bond motifs is 1. The molecule has 128 valence electrons. The van der Waals surface area contributed by atoms with Gasteiger partial charge in [-0.05, 0) is 38.8 Å². The van der Waals surface area contributed by atoms with Gasteiger partial charge in [-0.3, -0.25) is 14.5 Å². The molecule has 1 amide bonds. The topological polar surface area (TPSA) is 51.0 Å². The van der Waals surface area contributed by atoms with E-state index in [9.17, 15) is 4.79 Å². The van der Waals surface area contributed by atoms with E-state index in [1.807, 2.05) is 53.9 Å². The summed E-state index contributed by atoms with van der Waals surface area (Å²) >= 11 is 0. The van der Waals surface area contributed by atoms with Crippen LogP contribution in [0.5, 0.6) is 0 Å². The smallest absolute Gasteiger partial charge is 0.256 e. The fourth-order valence-corrected chi connectivity index (χ4v) is 4.01. The lowest BCUT2D eigenvalue weighted by atomic mass is 10.0. The first kappa shape index (κ1) is 15.8. The molecule has 1 fully saturated rings. The summed E-state index contributed by atoms with van der Waals surface area (Å²) in [6, 6.07) is 9.81. The number of nitrogens with zero attached hydrogens (tertiary/aromatic N) is 4. The number of aryl methyl sites for hydroxylation is 2. The van der Waals surface area contributed by atoms with Gasteiger partial charge in [-0.1, -0.05) is 18.2 Å². The number of carbonyl (C=O) groups excluding carboxylic acids is 1. The van der Waals surface area contributed by atoms with E-state index in [2.05, 4.69) is 17.0 Å². The SMILES string of the molecule is Cc1nn(C)c(C)c1[C@@H]1CCCN1C(=O)c1cccc2cccnc12. The van der Waals surface area contributed by atoms with Crippen LogP contribution in [0, 0.1) is 13.8 Å². The van der Waals surface area contributed by atoms with Gasteiger partial charge in [0.1, 0.15) is 0 Å². The van der Waals surface area contributed by atoms with Crippen LogP contribution in [-0.4, -0.2) is 32.1 Å². The number of carbonyl (C=O) groups is 1. The summed E-state index contributed by atoms with van der Waals surface area (Å²) < 4.78 is 1.91. The number of rotatable bonds is 2. The van der Waals surface area contributed by atoms with Gasteiger partial charge in [-0.25, -0.2) is 0 Å². The molecule has 3 aromatic rings. The molecule has 0 spiro atoms. The fourth-order valence-electron chi connectivity index (χ4n) is 4.01. The quantitative estimate of drug-likeness (QED) is 0.720. The monoisotopic (exact) mass is 334 g/mol. The number of benzene rings is 1. The van der Waals surface area contributed by atoms with Crippen molar-refractivity contribution in [2.24, 2.45) is 7.05 Å². The van der Waals surface area contributed by atoms with E-state index in [0.29, 0.717) is 5.56 Å². The van der Waals surface area contributed by atoms with Crippen molar-refractivity contribution in [3.8, 4) is 0 Å². The Hall–Kier alpha value is -2.69. The molecule has 4 rings (SSSR count). The second-order valence-corrected chi connectivity index (χ2v) is 6.75. The zero-order valence-corrected chi connectivity index (χ0v) is 14.9. The van der Waals surface area contributed by atoms with Crippen molar-refractivity contribution in [3.05, 3.63) is 59.0 Å². The third-order valence-electron chi connectivity index (χ3n) is 5.27. The zero-order chi connectivity index (χ0) is 17.6. The molecule has 3 heterocycles. The van der Waals surface area contributed by atoms with E-state index in [-0.39, 0.29) is 11.9 Å². The minimum absolute atomic E-state index is 0.0643. The first-order valence-electron chi connectivity index (χ1n) is 8.72. The minimum atomic E-state index is 0.0643. The van der Waals surface area contributed by atoms with E-state index in [0.717, 1.165) is 41.7 Å². The Balaban J connectivity index is 1.76. The minimum Gasteiger partial charge on any atom is -0.331 e. The number of hydrogen-bond donors (Lipinski definition) is 0. The average Bonchev–Trinajstić information content (AvgIpc) is 3.18. The van der Waals surface area contributed by atoms with Crippen molar-refractivity contribution in [1.29, 1.82) is 0 Å². The zero-order valence-electron chi connectivity index (χ0n) is 14.9. The number of likely N-dealkylation sites (tertiary alicyclic amines) is 1. The van der Waals surface area contributed by atoms with Crippen molar-refractivity contribution in [3.63, 3.8) is 0 Å². The largest absolute Gasteiger partial charge is 0.331 e. The summed E-state index contributed by atoms with van der Waals surface area (Å²) in [5.74, 6) is 0.0643. The predicted octanol–water partition coefficient (Wildman–Crippen LogP) is 3.56. The summed E-state index contributed by atoms with van der Waals surface area (Å²) in [6.07, 6.45) is 3.75. The maximum atomic E-state index is 13.3. The van der Waals surface area contributed by atoms with E-state index in [4.69, 9.17) is 0 Å². The van der Waals surface area contributed by atoms with Gasteiger partial charge in [0.15, 0.2) is 0 Å². The summed E-state index contributed by atoms with van der Waals surface area (Å²) in [4.78, 5) is 19.8. The summed E-state index contributed by atoms with van der Waals surface area (Å²) in [5.41, 5.74) is 4.81. The van der Waals surface area contributed by atoms with Gasteiger partial charge in [0.25, 0.3) is 5.91 Å². The van der Waals surface area contributed by atoms with Gasteiger partial charge in [0.2, 0.25) is 0 Å². The van der Waals surface area contributed by atoms with Crippen LogP contribution in [0.2, 0.25) is 0 Å². The van der Waals surface area contributed by atoms with Crippen LogP contribution in [0.15, 0.2) is 36.5 Å². The number of amides is 1. The Morgan fingerprint density at radius 1 is 1.20 bits per heavy atom. The second kappa shape index (κ2) is 5.99. The van der Waals surface area contributed by atoms with E-state index in [1.54, 1.807) is 6.20 Å². The molecule has 1 aliphatic rings. The Labute approximate surface area is 147 Å². The van der Waals surface area contributed by atoms with E-state index < -0.39 is 0 Å². The number of hydrogen-bond acceptors (Lipinski definition) is 3. The normalized spacial score (nSPS) is 17.4. The van der Waals surface area contributed by atoms with Crippen molar-refractivity contribution in [1.82, 2.24) is 19.7 Å². The molecular formula is C20H22N4O. The molecule has 5 heteroatoms. The Morgan fingerprint density at radius 3 is 2.76 bits per heavy atom. The molecule has 25 heavy (non-hydrogen) atoms. The van der Waals surface area contributed by atoms with Gasteiger partial charge >= 0.3 is 0 Å². The number of pyridine rings is 1. The van der Waals surface area contributed by atoms with E-state index >= 15 is 0 Å². The molecule has 1 atom stereocenters. The lowest BCUT2D eigenvalue weighted by Gasteiger charge is -2.26. The van der Waals surface area contributed by atoms with Gasteiger partial charge in [-0.15, -0.1) is 0 Å². The van der Waals surface area contributed by atoms with Gasteiger partial charge in [-0.2, -0.15) is 5.10 Å². The molecule has 2 aromatic heterocycles. The summed E-state index contributed by atoms with van der Waals surface area (Å²) in [7, 11) is 1.96. The third-order valence-corrected chi connectivity index (χ3v) is 5.27. The van der Waals surface area contributed by atoms with Crippen LogP contribution in [-0.2, 0) is 7.05 Å². The molecule has 0 radical (unpaired) electrons. The fraction of sp³-hybridized carbons (Fsp3) is 0.350. The molecule has 1 aliphatic heterocycles. The lowest BCUT2D eigenvalue weighted by molar-refractivity contribution is 0.0737. The standard InChI is InChI=1S/C20H22N4O/c1-13-18(14(2)23(3)22-13)17-10-6-12-24(17)20(25)16-9-4-7-15-8-5-11-21-19(15)16/h4-5,7-9,11,17H,6,10,12H2,1-3H3/t17-/m0/s1. The lowest BCUT2D eigenvalue weighted by Crippen LogP contribution is -2.31. The second-order valence-electron chi connectivity index (χ2n) is 6.75. The Morgan fingerprint density at radius 2 is 2.00 bits per heavy atom. The molecule has 0 saturated carbocycles. The van der Waals surface area contributed by atoms with Crippen LogP contribution in [0.3, 0.4) is 0 Å². The maximum Gasteiger partial charge on any atom is 0.256 e. The van der Waals surface area contributed by atoms with Crippen LogP contribution in [0.25, 0.3) is 10.9 Å². The van der Waals surface area contributed by atoms with Crippen LogP contribution >= 0.6 is 0 Å². The molecular weight excluding hydrogens is 312 g/mol. The Bertz CT molecular complexity index is 954. The van der Waals surface area contributed by atoms with Gasteiger partial charge < -0.3 is 4.90 Å². The molecule has 5 nitrogen and oxygen atoms in total. The summed E-state index contributed by atoms with van der Waals surface area (Å²) in [6.45, 7) is 4.89. The van der Waals surface area contributed by atoms with Crippen molar-refractivity contribution in [2.45, 2.75) is 32.7 Å². The first-order valence-corrected chi connectivity index (χ1v) is 8.72. The van der Waals surface area contributed by atoms with Crippen LogP contribution in [0.1, 0.15) is 46.2 Å². The van der Waals surface area contributed by atoms with Crippen molar-refractivity contribution < 1.29 is 4.79 Å². The van der Waals surface area contributed by atoms with Gasteiger partial charge in [0, 0.05) is 36.4 Å². The third kappa shape index (κ3) is 2.51. The first-order chi connectivity index (χ1) is 12.1. The van der Waals surface area contributed by atoms with Crippen LogP contribution in [0.4, 0.5) is 0 Å². The molecule has 1 saturated heterocycles. The number of para-hydroxylation sites is 1. The molecule has 0 aliphatic carbocycles. The van der Waals surface area contributed by atoms with Crippen molar-refractivity contribution in [2.75, 3.05) is 6.54 Å². The molecule has 0 N–H and O–H groups in total. The molecule has 1 aromatic carbocycles. The average molecular weight is 334 g/mol. The highest BCUT2D eigenvalue weighted by Crippen LogP contribution is 2.36. The maximum absolute atomic E-state index is 13.3. The summed E-state index contributed by atoms with van der Waals surface area (Å²) in [5, 5.41) is 5.54. The van der Waals surface area contributed by atoms with Crippen molar-refractivity contribution >= 4 is 16.8 Å². The van der Waals surface area contributed by atoms with Crippen LogP contribution < -0.4 is 0 Å². The number of aromatic nitrogens is 3. The molecule has 0 bridgehead atoms. The highest BCUT2D eigenvalue weighted by molar-refractivity contribution is 6.05. The van der Waals surface area contributed by atoms with E-state index in [1.165, 1.54) is 5.56 Å². The predicted molar refractivity (Wildman–Crippen MR) is 97.4 cm³/mol. The van der Waals surface area contributed by atoms with Gasteiger partial charge in [0.05, 0.1) is 22.8 Å². The molecule has 0 unspecified atom stereocenters. The Kier molecular flexibility index (Phi) is 3.79. The highest BCUT2D eigenvalue weighted by Gasteiger charge is 2.34.